The van der Waals surface area contributed by atoms with Crippen molar-refractivity contribution < 1.29 is 19.1 Å². The number of rotatable bonds is 3. The molecule has 0 saturated heterocycles. The van der Waals surface area contributed by atoms with E-state index in [-0.39, 0.29) is 21.8 Å². The minimum Gasteiger partial charge on any atom is -0.478 e. The highest BCUT2D eigenvalue weighted by atomic mass is 35.5. The first-order chi connectivity index (χ1) is 9.49. The third kappa shape index (κ3) is 2.95. The molecule has 2 rings (SSSR count). The number of hydrogen-bond donors (Lipinski definition) is 2. The van der Waals surface area contributed by atoms with Gasteiger partial charge >= 0.3 is 5.97 Å². The van der Waals surface area contributed by atoms with Gasteiger partial charge in [-0.1, -0.05) is 23.7 Å². The molecule has 2 aromatic carbocycles. The van der Waals surface area contributed by atoms with Crippen LogP contribution in [0.5, 0.6) is 0 Å². The molecule has 0 aliphatic carbocycles. The summed E-state index contributed by atoms with van der Waals surface area (Å²) in [5.74, 6) is -2.70. The number of nitrogens with one attached hydrogen (secondary N) is 1. The molecule has 102 valence electrons. The largest absolute Gasteiger partial charge is 0.478 e. The topological polar surface area (TPSA) is 66.4 Å². The van der Waals surface area contributed by atoms with Crippen molar-refractivity contribution in [1.82, 2.24) is 0 Å². The molecule has 0 aliphatic heterocycles. The molecule has 0 bridgehead atoms. The number of carbonyl (C=O) groups excluding carboxylic acids is 1. The molecule has 0 radical (unpaired) electrons. The Kier molecular flexibility index (Phi) is 4.00. The van der Waals surface area contributed by atoms with Crippen molar-refractivity contribution >= 4 is 29.2 Å². The van der Waals surface area contributed by atoms with E-state index < -0.39 is 17.7 Å². The van der Waals surface area contributed by atoms with Crippen LogP contribution in [-0.2, 0) is 0 Å². The normalized spacial score (nSPS) is 10.1. The highest BCUT2D eigenvalue weighted by molar-refractivity contribution is 6.30. The molecule has 2 N–H and O–H groups in total. The highest BCUT2D eigenvalue weighted by Crippen LogP contribution is 2.19. The summed E-state index contributed by atoms with van der Waals surface area (Å²) in [6, 6.07) is 9.49. The predicted molar refractivity (Wildman–Crippen MR) is 72.8 cm³/mol. The Balaban J connectivity index is 2.30. The average Bonchev–Trinajstić information content (AvgIpc) is 2.38. The highest BCUT2D eigenvalue weighted by Gasteiger charge is 2.15. The van der Waals surface area contributed by atoms with Crippen LogP contribution in [-0.4, -0.2) is 17.0 Å². The molecule has 0 saturated carbocycles. The minimum absolute atomic E-state index is 0.0739. The number of para-hydroxylation sites is 1. The fourth-order valence-electron chi connectivity index (χ4n) is 1.64. The van der Waals surface area contributed by atoms with E-state index in [0.717, 1.165) is 6.07 Å². The number of carboxylic acids is 1. The lowest BCUT2D eigenvalue weighted by molar-refractivity contribution is 0.0698. The van der Waals surface area contributed by atoms with E-state index in [0.29, 0.717) is 0 Å². The monoisotopic (exact) mass is 293 g/mol. The molecule has 4 nitrogen and oxygen atoms in total. The van der Waals surface area contributed by atoms with Crippen LogP contribution in [0.2, 0.25) is 5.02 Å². The maximum Gasteiger partial charge on any atom is 0.337 e. The van der Waals surface area contributed by atoms with Gasteiger partial charge in [0, 0.05) is 5.02 Å². The second-order valence-corrected chi connectivity index (χ2v) is 4.37. The fraction of sp³-hybridized carbons (Fsp3) is 0. The van der Waals surface area contributed by atoms with Gasteiger partial charge in [0.1, 0.15) is 5.82 Å². The van der Waals surface area contributed by atoms with E-state index in [1.54, 1.807) is 6.07 Å². The number of benzene rings is 2. The molecule has 0 heterocycles. The first-order valence-corrected chi connectivity index (χ1v) is 5.95. The smallest absolute Gasteiger partial charge is 0.337 e. The molecule has 0 atom stereocenters. The lowest BCUT2D eigenvalue weighted by Gasteiger charge is -2.09. The van der Waals surface area contributed by atoms with Crippen molar-refractivity contribution in [3.8, 4) is 0 Å². The quantitative estimate of drug-likeness (QED) is 0.911. The van der Waals surface area contributed by atoms with E-state index >= 15 is 0 Å². The summed E-state index contributed by atoms with van der Waals surface area (Å²) in [6.45, 7) is 0. The summed E-state index contributed by atoms with van der Waals surface area (Å²) in [6.07, 6.45) is 0. The Bertz CT molecular complexity index is 688. The van der Waals surface area contributed by atoms with Crippen LogP contribution in [0.4, 0.5) is 10.1 Å². The Morgan fingerprint density at radius 1 is 1.10 bits per heavy atom. The standard InChI is InChI=1S/C14H9ClFNO3/c15-8-5-6-9(11(16)7-8)13(18)17-12-4-2-1-3-10(12)14(19)20/h1-7H,(H,17,18)(H,19,20). The minimum atomic E-state index is -1.18. The maximum atomic E-state index is 13.6. The molecular weight excluding hydrogens is 285 g/mol. The molecule has 0 fully saturated rings. The van der Waals surface area contributed by atoms with Gasteiger partial charge in [-0.05, 0) is 30.3 Å². The third-order valence-electron chi connectivity index (χ3n) is 2.58. The molecule has 6 heteroatoms. The van der Waals surface area contributed by atoms with Crippen molar-refractivity contribution in [2.75, 3.05) is 5.32 Å². The van der Waals surface area contributed by atoms with Gasteiger partial charge < -0.3 is 10.4 Å². The number of hydrogen-bond acceptors (Lipinski definition) is 2. The van der Waals surface area contributed by atoms with Gasteiger partial charge in [-0.2, -0.15) is 0 Å². The Morgan fingerprint density at radius 3 is 2.45 bits per heavy atom. The second-order valence-electron chi connectivity index (χ2n) is 3.93. The number of carboxylic acid groups (broad SMARTS) is 1. The van der Waals surface area contributed by atoms with Crippen LogP contribution in [0.1, 0.15) is 20.7 Å². The molecule has 0 aromatic heterocycles. The van der Waals surface area contributed by atoms with Crippen molar-refractivity contribution in [2.24, 2.45) is 0 Å². The van der Waals surface area contributed by atoms with Crippen LogP contribution in [0.25, 0.3) is 0 Å². The van der Waals surface area contributed by atoms with Crippen molar-refractivity contribution in [3.63, 3.8) is 0 Å². The first kappa shape index (κ1) is 14.0. The average molecular weight is 294 g/mol. The summed E-state index contributed by atoms with van der Waals surface area (Å²) in [5.41, 5.74) is -0.191. The maximum absolute atomic E-state index is 13.6. The summed E-state index contributed by atoms with van der Waals surface area (Å²) in [7, 11) is 0. The van der Waals surface area contributed by atoms with Gasteiger partial charge in [0.25, 0.3) is 5.91 Å². The van der Waals surface area contributed by atoms with Crippen molar-refractivity contribution in [2.45, 2.75) is 0 Å². The van der Waals surface area contributed by atoms with Crippen LogP contribution in [0, 0.1) is 5.82 Å². The predicted octanol–water partition coefficient (Wildman–Crippen LogP) is 3.43. The Hall–Kier alpha value is -2.40. The lowest BCUT2D eigenvalue weighted by Crippen LogP contribution is -2.16. The van der Waals surface area contributed by atoms with E-state index in [1.165, 1.54) is 30.3 Å². The van der Waals surface area contributed by atoms with Crippen LogP contribution in [0.15, 0.2) is 42.5 Å². The summed E-state index contributed by atoms with van der Waals surface area (Å²) in [5, 5.41) is 11.5. The molecule has 0 unspecified atom stereocenters. The molecule has 1 amide bonds. The van der Waals surface area contributed by atoms with Gasteiger partial charge in [-0.25, -0.2) is 9.18 Å². The van der Waals surface area contributed by atoms with Gasteiger partial charge in [0.15, 0.2) is 0 Å². The van der Waals surface area contributed by atoms with Crippen LogP contribution in [0.3, 0.4) is 0 Å². The zero-order valence-electron chi connectivity index (χ0n) is 10.1. The van der Waals surface area contributed by atoms with E-state index in [4.69, 9.17) is 16.7 Å². The first-order valence-electron chi connectivity index (χ1n) is 5.58. The fourth-order valence-corrected chi connectivity index (χ4v) is 1.80. The van der Waals surface area contributed by atoms with E-state index in [2.05, 4.69) is 5.32 Å². The molecule has 20 heavy (non-hydrogen) atoms. The van der Waals surface area contributed by atoms with Crippen molar-refractivity contribution in [3.05, 3.63) is 64.4 Å². The summed E-state index contributed by atoms with van der Waals surface area (Å²) < 4.78 is 13.6. The molecule has 2 aromatic rings. The molecule has 0 aliphatic rings. The Morgan fingerprint density at radius 2 is 1.80 bits per heavy atom. The van der Waals surface area contributed by atoms with Gasteiger partial charge in [-0.15, -0.1) is 0 Å². The zero-order chi connectivity index (χ0) is 14.7. The van der Waals surface area contributed by atoms with Crippen molar-refractivity contribution in [1.29, 1.82) is 0 Å². The zero-order valence-corrected chi connectivity index (χ0v) is 10.8. The number of halogens is 2. The number of aromatic carboxylic acids is 1. The number of amides is 1. The number of anilines is 1. The Labute approximate surface area is 118 Å². The molecule has 0 spiro atoms. The van der Waals surface area contributed by atoms with Crippen LogP contribution >= 0.6 is 11.6 Å². The summed E-state index contributed by atoms with van der Waals surface area (Å²) >= 11 is 5.60. The summed E-state index contributed by atoms with van der Waals surface area (Å²) in [4.78, 5) is 22.9. The second kappa shape index (κ2) is 5.71. The third-order valence-corrected chi connectivity index (χ3v) is 2.82. The lowest BCUT2D eigenvalue weighted by atomic mass is 10.1. The van der Waals surface area contributed by atoms with Gasteiger partial charge in [0.05, 0.1) is 16.8 Å². The van der Waals surface area contributed by atoms with E-state index in [1.807, 2.05) is 0 Å². The van der Waals surface area contributed by atoms with Gasteiger partial charge in [0.2, 0.25) is 0 Å². The molecular formula is C14H9ClFNO3. The SMILES string of the molecule is O=C(Nc1ccccc1C(=O)O)c1ccc(Cl)cc1F. The van der Waals surface area contributed by atoms with E-state index in [9.17, 15) is 14.0 Å². The number of carbonyl (C=O) groups is 2. The van der Waals surface area contributed by atoms with Crippen LogP contribution < -0.4 is 5.32 Å². The van der Waals surface area contributed by atoms with Gasteiger partial charge in [-0.3, -0.25) is 4.79 Å².